The average Bonchev–Trinajstić information content (AvgIpc) is 2.50. The first-order chi connectivity index (χ1) is 11.2. The monoisotopic (exact) mass is 330 g/mol. The largest absolute Gasteiger partial charge is 0.444 e. The van der Waals surface area contributed by atoms with Gasteiger partial charge in [-0.1, -0.05) is 49.1 Å². The summed E-state index contributed by atoms with van der Waals surface area (Å²) in [6.07, 6.45) is 1.48. The second-order valence-electron chi connectivity index (χ2n) is 7.01. The van der Waals surface area contributed by atoms with Crippen LogP contribution >= 0.6 is 0 Å². The van der Waals surface area contributed by atoms with Crippen LogP contribution in [-0.2, 0) is 11.2 Å². The molecule has 1 N–H and O–H groups in total. The number of hydrogen-bond acceptors (Lipinski definition) is 3. The number of nitrogens with zero attached hydrogens (tertiary/aromatic N) is 1. The third kappa shape index (κ3) is 8.42. The summed E-state index contributed by atoms with van der Waals surface area (Å²) < 4.78 is 5.21. The number of carbonyl (C=O) groups excluding carboxylic acids is 1. The minimum absolute atomic E-state index is 0.359. The van der Waals surface area contributed by atoms with Gasteiger partial charge in [-0.15, -0.1) is 0 Å². The third-order valence-corrected chi connectivity index (χ3v) is 3.45. The Morgan fingerprint density at radius 1 is 1.21 bits per heavy atom. The molecule has 0 atom stereocenters. The summed E-state index contributed by atoms with van der Waals surface area (Å²) in [5, 5.41) is 2.72. The maximum Gasteiger partial charge on any atom is 0.407 e. The number of aryl methyl sites for hydroxylation is 1. The van der Waals surface area contributed by atoms with Crippen molar-refractivity contribution in [2.24, 2.45) is 0 Å². The fraction of sp³-hybridized carbons (Fsp3) is 0.450. The van der Waals surface area contributed by atoms with Crippen molar-refractivity contribution in [3.05, 3.63) is 60.3 Å². The van der Waals surface area contributed by atoms with Gasteiger partial charge in [0, 0.05) is 19.3 Å². The molecule has 132 valence electrons. The number of carbonyl (C=O) groups is 1. The molecule has 0 fully saturated rings. The predicted molar refractivity (Wildman–Crippen MR) is 99.9 cm³/mol. The van der Waals surface area contributed by atoms with Gasteiger partial charge in [-0.3, -0.25) is 0 Å². The van der Waals surface area contributed by atoms with Gasteiger partial charge in [0.15, 0.2) is 0 Å². The number of benzene rings is 1. The van der Waals surface area contributed by atoms with Gasteiger partial charge in [-0.05, 0) is 39.2 Å². The quantitative estimate of drug-likeness (QED) is 0.728. The fourth-order valence-corrected chi connectivity index (χ4v) is 2.12. The molecule has 0 radical (unpaired) electrons. The minimum atomic E-state index is -0.497. The molecule has 0 saturated heterocycles. The fourth-order valence-electron chi connectivity index (χ4n) is 2.12. The number of amides is 1. The molecule has 0 spiro atoms. The number of ether oxygens (including phenoxy) is 1. The molecule has 0 aliphatic carbocycles. The second-order valence-corrected chi connectivity index (χ2v) is 7.01. The summed E-state index contributed by atoms with van der Waals surface area (Å²) >= 11 is 0. The van der Waals surface area contributed by atoms with Crippen molar-refractivity contribution in [3.63, 3.8) is 0 Å². The maximum absolute atomic E-state index is 11.7. The molecule has 0 unspecified atom stereocenters. The van der Waals surface area contributed by atoms with Gasteiger partial charge in [0.25, 0.3) is 0 Å². The Balaban J connectivity index is 2.30. The molecular weight excluding hydrogens is 300 g/mol. The summed E-state index contributed by atoms with van der Waals surface area (Å²) in [5.41, 5.74) is 2.77. The average molecular weight is 330 g/mol. The van der Waals surface area contributed by atoms with Crippen molar-refractivity contribution in [2.45, 2.75) is 39.2 Å². The molecule has 1 aromatic rings. The SMILES string of the molecule is C=C(CCc1ccccc1)CN(C)C(=C)CNC(=O)OC(C)(C)C. The Morgan fingerprint density at radius 3 is 2.42 bits per heavy atom. The van der Waals surface area contributed by atoms with E-state index < -0.39 is 11.7 Å². The van der Waals surface area contributed by atoms with Gasteiger partial charge in [0.1, 0.15) is 5.60 Å². The highest BCUT2D eigenvalue weighted by atomic mass is 16.6. The van der Waals surface area contributed by atoms with Crippen LogP contribution in [0.2, 0.25) is 0 Å². The molecule has 0 aromatic heterocycles. The van der Waals surface area contributed by atoms with Crippen molar-refractivity contribution < 1.29 is 9.53 Å². The van der Waals surface area contributed by atoms with Crippen molar-refractivity contribution >= 4 is 6.09 Å². The lowest BCUT2D eigenvalue weighted by Crippen LogP contribution is -2.36. The number of alkyl carbamates (subject to hydrolysis) is 1. The van der Waals surface area contributed by atoms with Gasteiger partial charge in [-0.25, -0.2) is 4.79 Å². The smallest absolute Gasteiger partial charge is 0.407 e. The third-order valence-electron chi connectivity index (χ3n) is 3.45. The van der Waals surface area contributed by atoms with Crippen LogP contribution in [0, 0.1) is 0 Å². The zero-order chi connectivity index (χ0) is 18.2. The van der Waals surface area contributed by atoms with E-state index in [1.807, 2.05) is 38.8 Å². The first kappa shape index (κ1) is 19.8. The van der Waals surface area contributed by atoms with Crippen LogP contribution in [0.5, 0.6) is 0 Å². The Kier molecular flexibility index (Phi) is 7.56. The van der Waals surface area contributed by atoms with E-state index in [0.29, 0.717) is 6.54 Å². The summed E-state index contributed by atoms with van der Waals surface area (Å²) in [6, 6.07) is 10.4. The van der Waals surface area contributed by atoms with Crippen molar-refractivity contribution in [2.75, 3.05) is 20.1 Å². The van der Waals surface area contributed by atoms with Gasteiger partial charge >= 0.3 is 6.09 Å². The van der Waals surface area contributed by atoms with E-state index in [2.05, 4.69) is 42.7 Å². The first-order valence-corrected chi connectivity index (χ1v) is 8.23. The highest BCUT2D eigenvalue weighted by Gasteiger charge is 2.16. The summed E-state index contributed by atoms with van der Waals surface area (Å²) in [7, 11) is 1.95. The van der Waals surface area contributed by atoms with Crippen LogP contribution in [0.3, 0.4) is 0 Å². The van der Waals surface area contributed by atoms with E-state index >= 15 is 0 Å². The molecule has 0 bridgehead atoms. The molecule has 1 amide bonds. The zero-order valence-corrected chi connectivity index (χ0v) is 15.4. The van der Waals surface area contributed by atoms with Crippen LogP contribution in [0.1, 0.15) is 32.8 Å². The second kappa shape index (κ2) is 9.16. The Labute approximate surface area is 146 Å². The molecule has 4 heteroatoms. The van der Waals surface area contributed by atoms with E-state index in [1.165, 1.54) is 5.56 Å². The van der Waals surface area contributed by atoms with Crippen LogP contribution in [-0.4, -0.2) is 36.7 Å². The molecule has 24 heavy (non-hydrogen) atoms. The lowest BCUT2D eigenvalue weighted by molar-refractivity contribution is 0.0530. The van der Waals surface area contributed by atoms with Crippen molar-refractivity contribution in [1.82, 2.24) is 10.2 Å². The standard InChI is InChI=1S/C20H30N2O2/c1-16(12-13-18-10-8-7-9-11-18)15-22(6)17(2)14-21-19(23)24-20(3,4)5/h7-11H,1-2,12-15H2,3-6H3,(H,21,23). The molecule has 0 heterocycles. The van der Waals surface area contributed by atoms with Gasteiger partial charge in [-0.2, -0.15) is 0 Å². The summed E-state index contributed by atoms with van der Waals surface area (Å²) in [5.74, 6) is 0. The highest BCUT2D eigenvalue weighted by Crippen LogP contribution is 2.11. The van der Waals surface area contributed by atoms with Crippen molar-refractivity contribution in [3.8, 4) is 0 Å². The number of nitrogens with one attached hydrogen (secondary N) is 1. The molecule has 0 aliphatic heterocycles. The minimum Gasteiger partial charge on any atom is -0.444 e. The zero-order valence-electron chi connectivity index (χ0n) is 15.4. The van der Waals surface area contributed by atoms with E-state index in [-0.39, 0.29) is 0 Å². The maximum atomic E-state index is 11.7. The molecule has 0 saturated carbocycles. The van der Waals surface area contributed by atoms with E-state index in [4.69, 9.17) is 4.74 Å². The highest BCUT2D eigenvalue weighted by molar-refractivity contribution is 5.67. The van der Waals surface area contributed by atoms with E-state index in [9.17, 15) is 4.79 Å². The topological polar surface area (TPSA) is 41.6 Å². The molecular formula is C20H30N2O2. The first-order valence-electron chi connectivity index (χ1n) is 8.23. The molecule has 0 aliphatic rings. The lowest BCUT2D eigenvalue weighted by Gasteiger charge is -2.24. The number of hydrogen-bond donors (Lipinski definition) is 1. The van der Waals surface area contributed by atoms with E-state index in [0.717, 1.165) is 30.7 Å². The van der Waals surface area contributed by atoms with Gasteiger partial charge < -0.3 is 15.0 Å². The number of rotatable bonds is 8. The Bertz CT molecular complexity index is 559. The normalized spacial score (nSPS) is 10.8. The Hall–Kier alpha value is -2.23. The molecule has 1 aromatic carbocycles. The molecule has 4 nitrogen and oxygen atoms in total. The summed E-state index contributed by atoms with van der Waals surface area (Å²) in [6.45, 7) is 14.7. The van der Waals surface area contributed by atoms with Gasteiger partial charge in [0.05, 0.1) is 6.54 Å². The predicted octanol–water partition coefficient (Wildman–Crippen LogP) is 4.15. The van der Waals surface area contributed by atoms with Crippen LogP contribution in [0.25, 0.3) is 0 Å². The number of likely N-dealkylation sites (N-methyl/N-ethyl adjacent to an activating group) is 1. The van der Waals surface area contributed by atoms with Crippen molar-refractivity contribution in [1.29, 1.82) is 0 Å². The summed E-state index contributed by atoms with van der Waals surface area (Å²) in [4.78, 5) is 13.7. The van der Waals surface area contributed by atoms with E-state index in [1.54, 1.807) is 0 Å². The van der Waals surface area contributed by atoms with Crippen LogP contribution < -0.4 is 5.32 Å². The lowest BCUT2D eigenvalue weighted by atomic mass is 10.1. The van der Waals surface area contributed by atoms with Crippen LogP contribution in [0.4, 0.5) is 4.79 Å². The van der Waals surface area contributed by atoms with Crippen LogP contribution in [0.15, 0.2) is 54.8 Å². The molecule has 1 rings (SSSR count). The van der Waals surface area contributed by atoms with Gasteiger partial charge in [0.2, 0.25) is 0 Å². The Morgan fingerprint density at radius 2 is 1.83 bits per heavy atom.